The molecule has 6 N–H and O–H groups in total. The minimum absolute atomic E-state index is 0.0791. The van der Waals surface area contributed by atoms with Crippen molar-refractivity contribution < 1.29 is 28.8 Å². The fourth-order valence-electron chi connectivity index (χ4n) is 10.5. The maximum absolute atomic E-state index is 14.3. The second-order valence-corrected chi connectivity index (χ2v) is 19.5. The Kier molecular flexibility index (Phi) is 16.9. The standard InChI is InChI=1S/C51H70N14O6/c1-32(52-3)46(66)56-42(50(70)64-26-11-22-44(64)48(68)54-40-20-9-16-34-14-5-7-18-38(34)40)28-36-30-62(60-58-36)24-13-25-63-31-37(59-61-63)29-43(57-47(67)33(2)53-4)51(71)65-27-12-23-45(65)49(69)55-41-21-10-17-35-15-6-8-19-39(35)41/h5-8,14-15,18-19,30-33,40-45,52-53H,9-13,16-17,20-29H2,1-4H3,(H,54,68)(H,55,69)(H,56,66)(H,57,67)/t32-,33-,40+,41+,42-,43+,44-,45-/m0/s1. The van der Waals surface area contributed by atoms with Gasteiger partial charge in [0, 0.05) is 51.4 Å². The van der Waals surface area contributed by atoms with Crippen molar-refractivity contribution >= 4 is 35.4 Å². The SMILES string of the molecule is CN[C@@H](C)C(=O)N[C@@H](Cc1cn(CCCn2cc(C[C@@H](NC(=O)[C@H](C)NC)C(=O)N3CCC[C@H]3C(=O)N[C@@H]3CCCc4ccccc43)nn2)nn1)C(=O)N1CCC[C@H]1C(=O)N[C@@H]1CCCc2ccccc21. The van der Waals surface area contributed by atoms with E-state index < -0.39 is 36.3 Å². The van der Waals surface area contributed by atoms with E-state index in [2.05, 4.69) is 76.8 Å². The number of amides is 6. The number of hydrogen-bond acceptors (Lipinski definition) is 12. The molecule has 2 aromatic heterocycles. The van der Waals surface area contributed by atoms with Crippen LogP contribution < -0.4 is 31.9 Å². The summed E-state index contributed by atoms with van der Waals surface area (Å²) in [7, 11) is 3.34. The Morgan fingerprint density at radius 2 is 1.01 bits per heavy atom. The number of hydrogen-bond donors (Lipinski definition) is 6. The number of fused-ring (bicyclic) bond motifs is 2. The quantitative estimate of drug-likeness (QED) is 0.0741. The van der Waals surface area contributed by atoms with Crippen LogP contribution in [0.3, 0.4) is 0 Å². The number of aryl methyl sites for hydroxylation is 4. The van der Waals surface area contributed by atoms with Gasteiger partial charge in [-0.05, 0) is 121 Å². The smallest absolute Gasteiger partial charge is 0.246 e. The molecule has 4 aromatic rings. The van der Waals surface area contributed by atoms with E-state index in [0.29, 0.717) is 69.7 Å². The summed E-state index contributed by atoms with van der Waals surface area (Å²) in [6, 6.07) is 11.7. The molecule has 8 rings (SSSR count). The van der Waals surface area contributed by atoms with Crippen LogP contribution in [-0.4, -0.2) is 139 Å². The maximum Gasteiger partial charge on any atom is 0.246 e. The van der Waals surface area contributed by atoms with Gasteiger partial charge in [0.25, 0.3) is 0 Å². The number of nitrogens with one attached hydrogen (secondary N) is 6. The highest BCUT2D eigenvalue weighted by atomic mass is 16.2. The maximum atomic E-state index is 14.3. The van der Waals surface area contributed by atoms with Crippen LogP contribution >= 0.6 is 0 Å². The molecule has 2 aromatic carbocycles. The van der Waals surface area contributed by atoms with Crippen molar-refractivity contribution in [3.63, 3.8) is 0 Å². The van der Waals surface area contributed by atoms with Crippen LogP contribution in [-0.2, 0) is 67.5 Å². The zero-order valence-corrected chi connectivity index (χ0v) is 41.4. The lowest BCUT2D eigenvalue weighted by Crippen LogP contribution is -2.56. The lowest BCUT2D eigenvalue weighted by molar-refractivity contribution is -0.141. The van der Waals surface area contributed by atoms with E-state index in [1.807, 2.05) is 24.3 Å². The Labute approximate surface area is 415 Å². The summed E-state index contributed by atoms with van der Waals surface area (Å²) in [4.78, 5) is 85.9. The highest BCUT2D eigenvalue weighted by molar-refractivity contribution is 5.95. The molecule has 2 aliphatic carbocycles. The van der Waals surface area contributed by atoms with Gasteiger partial charge in [-0.3, -0.25) is 38.1 Å². The van der Waals surface area contributed by atoms with Crippen LogP contribution in [0.25, 0.3) is 0 Å². The van der Waals surface area contributed by atoms with Crippen LogP contribution in [0, 0.1) is 0 Å². The van der Waals surface area contributed by atoms with Gasteiger partial charge in [-0.1, -0.05) is 59.0 Å². The first-order chi connectivity index (χ1) is 34.4. The third kappa shape index (κ3) is 12.3. The monoisotopic (exact) mass is 975 g/mol. The minimum Gasteiger partial charge on any atom is -0.347 e. The Morgan fingerprint density at radius 3 is 1.44 bits per heavy atom. The first kappa shape index (κ1) is 50.8. The number of carbonyl (C=O) groups is 6. The average molecular weight is 975 g/mol. The lowest BCUT2D eigenvalue weighted by Gasteiger charge is -2.31. The lowest BCUT2D eigenvalue weighted by atomic mass is 9.87. The Hall–Kier alpha value is -6.54. The first-order valence-electron chi connectivity index (χ1n) is 25.5. The summed E-state index contributed by atoms with van der Waals surface area (Å²) in [5.41, 5.74) is 5.73. The number of likely N-dealkylation sites (tertiary alicyclic amines) is 2. The molecule has 4 aliphatic rings. The largest absolute Gasteiger partial charge is 0.347 e. The number of benzene rings is 2. The van der Waals surface area contributed by atoms with Gasteiger partial charge in [-0.15, -0.1) is 10.2 Å². The zero-order valence-electron chi connectivity index (χ0n) is 41.4. The van der Waals surface area contributed by atoms with Crippen molar-refractivity contribution in [2.24, 2.45) is 0 Å². The fourth-order valence-corrected chi connectivity index (χ4v) is 10.5. The van der Waals surface area contributed by atoms with Crippen molar-refractivity contribution in [1.82, 2.24) is 71.7 Å². The minimum atomic E-state index is -0.976. The molecule has 380 valence electrons. The van der Waals surface area contributed by atoms with Crippen LogP contribution in [0.1, 0.15) is 117 Å². The van der Waals surface area contributed by atoms with E-state index in [1.54, 1.807) is 59.5 Å². The van der Waals surface area contributed by atoms with Gasteiger partial charge in [0.05, 0.1) is 35.6 Å². The molecule has 0 bridgehead atoms. The number of aromatic nitrogens is 6. The molecule has 20 nitrogen and oxygen atoms in total. The fraction of sp³-hybridized carbons (Fsp3) is 0.569. The number of rotatable bonds is 20. The highest BCUT2D eigenvalue weighted by Crippen LogP contribution is 2.32. The number of carbonyl (C=O) groups excluding carboxylic acids is 6. The molecule has 0 radical (unpaired) electrons. The van der Waals surface area contributed by atoms with E-state index >= 15 is 0 Å². The van der Waals surface area contributed by atoms with Crippen LogP contribution in [0.15, 0.2) is 60.9 Å². The number of likely N-dealkylation sites (N-methyl/N-ethyl adjacent to an activating group) is 2. The third-order valence-electron chi connectivity index (χ3n) is 14.7. The third-order valence-corrected chi connectivity index (χ3v) is 14.7. The normalized spacial score (nSPS) is 21.3. The van der Waals surface area contributed by atoms with Crippen molar-refractivity contribution in [3.8, 4) is 0 Å². The van der Waals surface area contributed by atoms with Gasteiger partial charge in [0.2, 0.25) is 35.4 Å². The van der Waals surface area contributed by atoms with Crippen molar-refractivity contribution in [3.05, 3.63) is 94.6 Å². The van der Waals surface area contributed by atoms with Crippen molar-refractivity contribution in [2.45, 2.75) is 159 Å². The predicted molar refractivity (Wildman–Crippen MR) is 263 cm³/mol. The van der Waals surface area contributed by atoms with Gasteiger partial charge in [-0.25, -0.2) is 0 Å². The van der Waals surface area contributed by atoms with E-state index in [1.165, 1.54) is 11.1 Å². The summed E-state index contributed by atoms with van der Waals surface area (Å²) in [5, 5.41) is 35.5. The van der Waals surface area contributed by atoms with Crippen LogP contribution in [0.2, 0.25) is 0 Å². The summed E-state index contributed by atoms with van der Waals surface area (Å²) in [5.74, 6) is -1.75. The van der Waals surface area contributed by atoms with Gasteiger partial charge >= 0.3 is 0 Å². The van der Waals surface area contributed by atoms with Crippen LogP contribution in [0.5, 0.6) is 0 Å². The Morgan fingerprint density at radius 1 is 0.592 bits per heavy atom. The molecule has 20 heteroatoms. The molecule has 2 fully saturated rings. The summed E-state index contributed by atoms with van der Waals surface area (Å²) < 4.78 is 3.34. The highest BCUT2D eigenvalue weighted by Gasteiger charge is 2.41. The van der Waals surface area contributed by atoms with Gasteiger partial charge in [-0.2, -0.15) is 0 Å². The van der Waals surface area contributed by atoms with E-state index in [4.69, 9.17) is 0 Å². The molecule has 0 spiro atoms. The Balaban J connectivity index is 0.872. The summed E-state index contributed by atoms with van der Waals surface area (Å²) >= 11 is 0. The van der Waals surface area contributed by atoms with Gasteiger partial charge < -0.3 is 41.7 Å². The first-order valence-corrected chi connectivity index (χ1v) is 25.5. The van der Waals surface area contributed by atoms with Crippen LogP contribution in [0.4, 0.5) is 0 Å². The van der Waals surface area contributed by atoms with Gasteiger partial charge in [0.1, 0.15) is 24.2 Å². The molecule has 71 heavy (non-hydrogen) atoms. The molecule has 0 unspecified atom stereocenters. The van der Waals surface area contributed by atoms with E-state index in [-0.39, 0.29) is 60.4 Å². The molecular formula is C51H70N14O6. The molecule has 0 saturated carbocycles. The molecule has 4 heterocycles. The number of nitrogens with zero attached hydrogens (tertiary/aromatic N) is 8. The van der Waals surface area contributed by atoms with Crippen molar-refractivity contribution in [2.75, 3.05) is 27.2 Å². The zero-order chi connectivity index (χ0) is 50.0. The molecule has 2 aliphatic heterocycles. The van der Waals surface area contributed by atoms with E-state index in [0.717, 1.165) is 49.7 Å². The molecule has 2 saturated heterocycles. The second-order valence-electron chi connectivity index (χ2n) is 19.5. The molecule has 8 atom stereocenters. The van der Waals surface area contributed by atoms with Gasteiger partial charge in [0.15, 0.2) is 0 Å². The summed E-state index contributed by atoms with van der Waals surface area (Å²) in [6.45, 7) is 5.13. The van der Waals surface area contributed by atoms with Crippen molar-refractivity contribution in [1.29, 1.82) is 0 Å². The average Bonchev–Trinajstić information content (AvgIpc) is 4.24. The topological polar surface area (TPSA) is 242 Å². The Bertz CT molecular complexity index is 2360. The van der Waals surface area contributed by atoms with E-state index in [9.17, 15) is 28.8 Å². The summed E-state index contributed by atoms with van der Waals surface area (Å²) in [6.07, 6.45) is 12.2. The predicted octanol–water partition coefficient (Wildman–Crippen LogP) is 1.60. The second kappa shape index (κ2) is 23.6. The molecular weight excluding hydrogens is 905 g/mol. The molecule has 6 amide bonds.